The van der Waals surface area contributed by atoms with Gasteiger partial charge in [-0.05, 0) is 80.9 Å². The predicted octanol–water partition coefficient (Wildman–Crippen LogP) is 5.41. The summed E-state index contributed by atoms with van der Waals surface area (Å²) in [5, 5.41) is 1.38. The van der Waals surface area contributed by atoms with Crippen LogP contribution < -0.4 is 20.6 Å². The number of nitrogens with zero attached hydrogens (tertiary/aromatic N) is 4. The van der Waals surface area contributed by atoms with Gasteiger partial charge in [-0.3, -0.25) is 9.36 Å². The van der Waals surface area contributed by atoms with E-state index in [1.807, 2.05) is 17.6 Å². The summed E-state index contributed by atoms with van der Waals surface area (Å²) in [5.41, 5.74) is 3.78. The molecule has 3 saturated carbocycles. The lowest BCUT2D eigenvalue weighted by atomic mass is 9.71. The number of fused-ring (bicyclic) bond motifs is 5. The van der Waals surface area contributed by atoms with E-state index in [2.05, 4.69) is 33.7 Å². The SMILES string of the molecule is C=CC(=O)N1CCN(c2nc(=O)n(C3C4(CCCC35CC5)CC4)c3c4c(c(C)cc23)-c2c(ccc(P)c2F)CO4)[C@@H](C)C1. The van der Waals surface area contributed by atoms with E-state index in [4.69, 9.17) is 9.72 Å². The van der Waals surface area contributed by atoms with Crippen LogP contribution in [0, 0.1) is 23.6 Å². The summed E-state index contributed by atoms with van der Waals surface area (Å²) in [6.45, 7) is 9.55. The molecular formula is C34H38FN4O3P. The molecule has 4 fully saturated rings. The number of amides is 1. The summed E-state index contributed by atoms with van der Waals surface area (Å²) < 4.78 is 24.5. The van der Waals surface area contributed by atoms with Gasteiger partial charge in [0.2, 0.25) is 5.91 Å². The molecule has 3 heterocycles. The molecule has 43 heavy (non-hydrogen) atoms. The molecule has 1 aromatic heterocycles. The predicted molar refractivity (Wildman–Crippen MR) is 170 cm³/mol. The second-order valence-electron chi connectivity index (χ2n) is 13.7. The van der Waals surface area contributed by atoms with Gasteiger partial charge in [-0.25, -0.2) is 9.18 Å². The van der Waals surface area contributed by atoms with Gasteiger partial charge in [0.15, 0.2) is 5.75 Å². The van der Waals surface area contributed by atoms with E-state index in [1.165, 1.54) is 12.5 Å². The number of aryl methyl sites for hydroxylation is 1. The molecule has 0 radical (unpaired) electrons. The number of anilines is 1. The number of hydrogen-bond donors (Lipinski definition) is 0. The van der Waals surface area contributed by atoms with Crippen LogP contribution in [-0.2, 0) is 11.4 Å². The minimum absolute atomic E-state index is 0.0575. The van der Waals surface area contributed by atoms with Gasteiger partial charge in [0.1, 0.15) is 18.2 Å². The van der Waals surface area contributed by atoms with Gasteiger partial charge in [0.05, 0.1) is 11.6 Å². The molecule has 1 unspecified atom stereocenters. The second kappa shape index (κ2) is 9.37. The largest absolute Gasteiger partial charge is 0.486 e. The third-order valence-electron chi connectivity index (χ3n) is 11.2. The molecule has 2 atom stereocenters. The normalized spacial score (nSPS) is 23.2. The van der Waals surface area contributed by atoms with E-state index in [9.17, 15) is 9.59 Å². The first-order valence-electron chi connectivity index (χ1n) is 15.7. The van der Waals surface area contributed by atoms with Crippen molar-refractivity contribution in [2.75, 3.05) is 24.5 Å². The number of piperazine rings is 1. The highest BCUT2D eigenvalue weighted by atomic mass is 31.0. The molecule has 1 saturated heterocycles. The molecule has 5 aliphatic rings. The van der Waals surface area contributed by atoms with Crippen molar-refractivity contribution < 1.29 is 13.9 Å². The van der Waals surface area contributed by atoms with Gasteiger partial charge in [0, 0.05) is 53.1 Å². The molecular weight excluding hydrogens is 562 g/mol. The summed E-state index contributed by atoms with van der Waals surface area (Å²) in [7, 11) is 2.51. The van der Waals surface area contributed by atoms with Gasteiger partial charge < -0.3 is 14.5 Å². The number of carbonyl (C=O) groups excluding carboxylic acids is 1. The monoisotopic (exact) mass is 600 g/mol. The fourth-order valence-electron chi connectivity index (χ4n) is 8.80. The Balaban J connectivity index is 1.40. The Morgan fingerprint density at radius 1 is 1.14 bits per heavy atom. The first kappa shape index (κ1) is 27.3. The minimum Gasteiger partial charge on any atom is -0.486 e. The Morgan fingerprint density at radius 2 is 1.86 bits per heavy atom. The van der Waals surface area contributed by atoms with Gasteiger partial charge in [0.25, 0.3) is 0 Å². The van der Waals surface area contributed by atoms with E-state index in [0.717, 1.165) is 66.1 Å². The second-order valence-corrected chi connectivity index (χ2v) is 14.3. The van der Waals surface area contributed by atoms with Crippen molar-refractivity contribution in [3.8, 4) is 16.9 Å². The third kappa shape index (κ3) is 3.91. The third-order valence-corrected chi connectivity index (χ3v) is 11.6. The standard InChI is InChI=1S/C34H38FN4O3P/c1-4-24(40)37-14-15-38(20(3)17-37)30-22-16-19(2)25-26-21(6-7-23(43)27(26)35)18-42-29(25)28(22)39(32(41)36-30)31-33(10-11-33)8-5-9-34(31)12-13-34/h4,6-7,16,20,31H,1,5,8-15,17-18,43H2,2-3H3/t20-/m0/s1. The summed E-state index contributed by atoms with van der Waals surface area (Å²) in [4.78, 5) is 35.7. The molecule has 7 nitrogen and oxygen atoms in total. The van der Waals surface area contributed by atoms with Crippen molar-refractivity contribution in [3.63, 3.8) is 0 Å². The zero-order valence-electron chi connectivity index (χ0n) is 24.9. The molecule has 8 rings (SSSR count). The zero-order chi connectivity index (χ0) is 29.8. The van der Waals surface area contributed by atoms with Gasteiger partial charge in [-0.2, -0.15) is 4.98 Å². The Kier molecular flexibility index (Phi) is 5.95. The van der Waals surface area contributed by atoms with Crippen LogP contribution in [0.15, 0.2) is 35.6 Å². The number of benzene rings is 2. The zero-order valence-corrected chi connectivity index (χ0v) is 26.1. The van der Waals surface area contributed by atoms with E-state index >= 15 is 4.39 Å². The van der Waals surface area contributed by atoms with E-state index in [-0.39, 0.29) is 46.9 Å². The molecule has 0 N–H and O–H groups in total. The van der Waals surface area contributed by atoms with Crippen LogP contribution >= 0.6 is 9.24 Å². The van der Waals surface area contributed by atoms with Crippen LogP contribution in [-0.4, -0.2) is 46.0 Å². The minimum atomic E-state index is -0.260. The maximum absolute atomic E-state index is 15.9. The van der Waals surface area contributed by atoms with Crippen LogP contribution in [0.2, 0.25) is 0 Å². The Morgan fingerprint density at radius 3 is 2.51 bits per heavy atom. The van der Waals surface area contributed by atoms with Gasteiger partial charge >= 0.3 is 5.69 Å². The highest BCUT2D eigenvalue weighted by molar-refractivity contribution is 7.27. The van der Waals surface area contributed by atoms with E-state index in [1.54, 1.807) is 11.0 Å². The topological polar surface area (TPSA) is 67.7 Å². The molecule has 3 aliphatic carbocycles. The van der Waals surface area contributed by atoms with Crippen molar-refractivity contribution >= 4 is 37.2 Å². The van der Waals surface area contributed by atoms with Crippen LogP contribution in [0.5, 0.6) is 5.75 Å². The van der Waals surface area contributed by atoms with Crippen molar-refractivity contribution in [1.29, 1.82) is 0 Å². The highest BCUT2D eigenvalue weighted by Gasteiger charge is 2.65. The number of carbonyl (C=O) groups is 1. The number of rotatable bonds is 3. The number of aromatic nitrogens is 2. The fraction of sp³-hybridized carbons (Fsp3) is 0.500. The van der Waals surface area contributed by atoms with Gasteiger partial charge in [-0.15, -0.1) is 9.24 Å². The lowest BCUT2D eigenvalue weighted by Crippen LogP contribution is -2.54. The first-order chi connectivity index (χ1) is 20.7. The average Bonchev–Trinajstić information content (AvgIpc) is 3.94. The van der Waals surface area contributed by atoms with Crippen LogP contribution in [0.3, 0.4) is 0 Å². The summed E-state index contributed by atoms with van der Waals surface area (Å²) >= 11 is 0. The van der Waals surface area contributed by atoms with Crippen molar-refractivity contribution in [2.45, 2.75) is 77.5 Å². The molecule has 1 amide bonds. The van der Waals surface area contributed by atoms with Crippen LogP contribution in [0.1, 0.15) is 69.0 Å². The summed E-state index contributed by atoms with van der Waals surface area (Å²) in [5.74, 6) is 0.877. The summed E-state index contributed by atoms with van der Waals surface area (Å²) in [6.07, 6.45) is 9.36. The smallest absolute Gasteiger partial charge is 0.350 e. The van der Waals surface area contributed by atoms with Crippen molar-refractivity contribution in [3.05, 3.63) is 58.3 Å². The van der Waals surface area contributed by atoms with Crippen molar-refractivity contribution in [1.82, 2.24) is 14.5 Å². The average molecular weight is 601 g/mol. The molecule has 3 aromatic rings. The molecule has 224 valence electrons. The molecule has 2 aliphatic heterocycles. The maximum Gasteiger partial charge on any atom is 0.350 e. The molecule has 2 spiro atoms. The highest BCUT2D eigenvalue weighted by Crippen LogP contribution is 2.74. The van der Waals surface area contributed by atoms with Crippen molar-refractivity contribution in [2.24, 2.45) is 10.8 Å². The lowest BCUT2D eigenvalue weighted by molar-refractivity contribution is -0.126. The van der Waals surface area contributed by atoms with E-state index < -0.39 is 0 Å². The Bertz CT molecular complexity index is 1770. The Hall–Kier alpha value is -3.25. The summed E-state index contributed by atoms with van der Waals surface area (Å²) in [6, 6.07) is 5.81. The van der Waals surface area contributed by atoms with Gasteiger partial charge in [-0.1, -0.05) is 25.1 Å². The quantitative estimate of drug-likeness (QED) is 0.297. The molecule has 9 heteroatoms. The molecule has 2 aromatic carbocycles. The Labute approximate surface area is 253 Å². The number of ether oxygens (including phenoxy) is 1. The lowest BCUT2D eigenvalue weighted by Gasteiger charge is -2.43. The number of halogens is 1. The fourth-order valence-corrected chi connectivity index (χ4v) is 9.04. The van der Waals surface area contributed by atoms with Crippen LogP contribution in [0.25, 0.3) is 22.0 Å². The first-order valence-corrected chi connectivity index (χ1v) is 16.2. The number of hydrogen-bond acceptors (Lipinski definition) is 5. The van der Waals surface area contributed by atoms with E-state index in [0.29, 0.717) is 42.1 Å². The van der Waals surface area contributed by atoms with Crippen LogP contribution in [0.4, 0.5) is 10.2 Å². The molecule has 0 bridgehead atoms. The maximum atomic E-state index is 15.9.